The van der Waals surface area contributed by atoms with Gasteiger partial charge in [-0.2, -0.15) is 0 Å². The number of hydrogen-bond donors (Lipinski definition) is 2. The van der Waals surface area contributed by atoms with E-state index < -0.39 is 15.4 Å². The largest absolute Gasteiger partial charge is 0.390 e. The smallest absolute Gasteiger partial charge is 0.254 e. The van der Waals surface area contributed by atoms with Gasteiger partial charge in [0.25, 0.3) is 5.91 Å². The van der Waals surface area contributed by atoms with Gasteiger partial charge in [0.2, 0.25) is 5.95 Å². The molecule has 1 aromatic rings. The first-order valence-electron chi connectivity index (χ1n) is 13.1. The lowest BCUT2D eigenvalue weighted by molar-refractivity contribution is -0.136. The molecule has 0 spiro atoms. The van der Waals surface area contributed by atoms with Gasteiger partial charge >= 0.3 is 0 Å². The van der Waals surface area contributed by atoms with Crippen molar-refractivity contribution in [2.45, 2.75) is 81.8 Å². The van der Waals surface area contributed by atoms with Crippen LogP contribution in [0.2, 0.25) is 0 Å². The number of carbonyl (C=O) groups excluding carboxylic acids is 1. The molecular formula is C25H36N4O4S. The molecule has 1 saturated heterocycles. The number of nitrogens with one attached hydrogen (secondary N) is 1. The molecule has 6 fully saturated rings. The number of anilines is 1. The number of aromatic nitrogens is 2. The van der Waals surface area contributed by atoms with E-state index in [-0.39, 0.29) is 29.4 Å². The Kier molecular flexibility index (Phi) is 5.63. The van der Waals surface area contributed by atoms with Crippen molar-refractivity contribution in [3.05, 3.63) is 17.5 Å². The third-order valence-electron chi connectivity index (χ3n) is 9.21. The van der Waals surface area contributed by atoms with E-state index in [4.69, 9.17) is 4.98 Å². The fourth-order valence-electron chi connectivity index (χ4n) is 7.76. The molecular weight excluding hydrogens is 452 g/mol. The summed E-state index contributed by atoms with van der Waals surface area (Å²) in [6, 6.07) is 0.121. The summed E-state index contributed by atoms with van der Waals surface area (Å²) < 4.78 is 23.7. The van der Waals surface area contributed by atoms with Crippen molar-refractivity contribution >= 4 is 21.7 Å². The van der Waals surface area contributed by atoms with E-state index in [0.717, 1.165) is 63.5 Å². The highest BCUT2D eigenvalue weighted by molar-refractivity contribution is 7.91. The second-order valence-corrected chi connectivity index (χ2v) is 13.9. The Morgan fingerprint density at radius 1 is 1.06 bits per heavy atom. The normalized spacial score (nSPS) is 37.0. The number of nitrogens with zero attached hydrogens (tertiary/aromatic N) is 3. The highest BCUT2D eigenvalue weighted by Gasteiger charge is 2.55. The molecule has 0 aromatic carbocycles. The van der Waals surface area contributed by atoms with Crippen LogP contribution in [0.3, 0.4) is 0 Å². The van der Waals surface area contributed by atoms with Gasteiger partial charge in [0, 0.05) is 31.2 Å². The van der Waals surface area contributed by atoms with E-state index in [0.29, 0.717) is 42.4 Å². The summed E-state index contributed by atoms with van der Waals surface area (Å²) in [5.41, 5.74) is 0.892. The molecule has 4 bridgehead atoms. The first-order chi connectivity index (χ1) is 16.3. The van der Waals surface area contributed by atoms with E-state index in [9.17, 15) is 18.3 Å². The molecule has 6 aliphatic rings. The van der Waals surface area contributed by atoms with Crippen molar-refractivity contribution in [3.63, 3.8) is 0 Å². The van der Waals surface area contributed by atoms with E-state index in [1.807, 2.05) is 4.90 Å². The Hall–Kier alpha value is -1.74. The van der Waals surface area contributed by atoms with Crippen LogP contribution in [0.1, 0.15) is 86.2 Å². The summed E-state index contributed by atoms with van der Waals surface area (Å²) in [6.07, 6.45) is 12.0. The molecule has 0 radical (unpaired) electrons. The molecule has 1 amide bonds. The molecule has 186 valence electrons. The third kappa shape index (κ3) is 4.23. The lowest BCUT2D eigenvalue weighted by Crippen LogP contribution is -2.61. The fourth-order valence-corrected chi connectivity index (χ4v) is 8.96. The predicted octanol–water partition coefficient (Wildman–Crippen LogP) is 2.43. The average molecular weight is 489 g/mol. The van der Waals surface area contributed by atoms with Crippen LogP contribution in [0, 0.1) is 17.8 Å². The first-order valence-corrected chi connectivity index (χ1v) is 15.0. The topological polar surface area (TPSA) is 112 Å². The molecule has 2 N–H and O–H groups in total. The molecule has 5 aliphatic carbocycles. The molecule has 2 atom stereocenters. The lowest BCUT2D eigenvalue weighted by Gasteiger charge is -2.58. The van der Waals surface area contributed by atoms with Crippen LogP contribution in [-0.4, -0.2) is 65.6 Å². The monoisotopic (exact) mass is 488 g/mol. The van der Waals surface area contributed by atoms with E-state index >= 15 is 0 Å². The summed E-state index contributed by atoms with van der Waals surface area (Å²) in [5.74, 6) is 2.25. The van der Waals surface area contributed by atoms with E-state index in [1.165, 1.54) is 6.42 Å². The van der Waals surface area contributed by atoms with Crippen molar-refractivity contribution in [1.29, 1.82) is 0 Å². The Morgan fingerprint density at radius 2 is 1.74 bits per heavy atom. The molecule has 34 heavy (non-hydrogen) atoms. The minimum atomic E-state index is -2.98. The molecule has 7 rings (SSSR count). The summed E-state index contributed by atoms with van der Waals surface area (Å²) in [5, 5.41) is 14.3. The number of hydrogen-bond acceptors (Lipinski definition) is 7. The van der Waals surface area contributed by atoms with E-state index in [1.54, 1.807) is 6.20 Å². The van der Waals surface area contributed by atoms with Gasteiger partial charge in [-0.3, -0.25) is 4.79 Å². The van der Waals surface area contributed by atoms with Gasteiger partial charge in [0.05, 0.1) is 28.4 Å². The zero-order valence-electron chi connectivity index (χ0n) is 19.8. The second kappa shape index (κ2) is 8.43. The van der Waals surface area contributed by atoms with Crippen LogP contribution in [0.25, 0.3) is 0 Å². The van der Waals surface area contributed by atoms with Gasteiger partial charge in [0.15, 0.2) is 9.84 Å². The van der Waals surface area contributed by atoms with Crippen molar-refractivity contribution in [1.82, 2.24) is 15.3 Å². The van der Waals surface area contributed by atoms with Crippen molar-refractivity contribution in [2.75, 3.05) is 29.5 Å². The molecule has 1 aliphatic heterocycles. The van der Waals surface area contributed by atoms with E-state index in [2.05, 4.69) is 10.3 Å². The number of carbonyl (C=O) groups is 1. The lowest BCUT2D eigenvalue weighted by atomic mass is 9.52. The summed E-state index contributed by atoms with van der Waals surface area (Å²) in [7, 11) is -2.98. The van der Waals surface area contributed by atoms with Crippen LogP contribution in [0.4, 0.5) is 5.95 Å². The highest BCUT2D eigenvalue weighted by atomic mass is 32.2. The zero-order chi connectivity index (χ0) is 23.5. The summed E-state index contributed by atoms with van der Waals surface area (Å²) in [6.45, 7) is 0.793. The average Bonchev–Trinajstić information content (AvgIpc) is 2.80. The molecule has 2 heterocycles. The van der Waals surface area contributed by atoms with Crippen molar-refractivity contribution in [3.8, 4) is 0 Å². The van der Waals surface area contributed by atoms with Gasteiger partial charge in [-0.05, 0) is 62.7 Å². The molecule has 9 heteroatoms. The van der Waals surface area contributed by atoms with Gasteiger partial charge in [-0.1, -0.05) is 19.3 Å². The molecule has 2 unspecified atom stereocenters. The van der Waals surface area contributed by atoms with Gasteiger partial charge < -0.3 is 15.3 Å². The second-order valence-electron chi connectivity index (χ2n) is 11.6. The van der Waals surface area contributed by atoms with Crippen LogP contribution in [0.15, 0.2) is 6.20 Å². The quantitative estimate of drug-likeness (QED) is 0.669. The maximum absolute atomic E-state index is 13.6. The minimum absolute atomic E-state index is 0.0854. The Morgan fingerprint density at radius 3 is 2.38 bits per heavy atom. The Bertz CT molecular complexity index is 1040. The first kappa shape index (κ1) is 22.7. The molecule has 8 nitrogen and oxygen atoms in total. The highest BCUT2D eigenvalue weighted by Crippen LogP contribution is 2.55. The van der Waals surface area contributed by atoms with Crippen LogP contribution in [0.5, 0.6) is 0 Å². The molecule has 1 aromatic heterocycles. The zero-order valence-corrected chi connectivity index (χ0v) is 20.6. The van der Waals surface area contributed by atoms with Gasteiger partial charge in [-0.15, -0.1) is 0 Å². The Balaban J connectivity index is 1.25. The maximum Gasteiger partial charge on any atom is 0.254 e. The van der Waals surface area contributed by atoms with Gasteiger partial charge in [0.1, 0.15) is 0 Å². The van der Waals surface area contributed by atoms with Crippen molar-refractivity contribution in [2.24, 2.45) is 17.8 Å². The number of aliphatic hydroxyl groups is 1. The van der Waals surface area contributed by atoms with Crippen molar-refractivity contribution < 1.29 is 18.3 Å². The minimum Gasteiger partial charge on any atom is -0.390 e. The third-order valence-corrected chi connectivity index (χ3v) is 10.8. The fraction of sp³-hybridized carbons (Fsp3) is 0.800. The molecule has 5 saturated carbocycles. The number of amides is 1. The van der Waals surface area contributed by atoms with Crippen LogP contribution >= 0.6 is 0 Å². The van der Waals surface area contributed by atoms with Crippen LogP contribution in [-0.2, 0) is 9.84 Å². The predicted molar refractivity (Wildman–Crippen MR) is 128 cm³/mol. The van der Waals surface area contributed by atoms with Gasteiger partial charge in [-0.25, -0.2) is 18.4 Å². The summed E-state index contributed by atoms with van der Waals surface area (Å²) >= 11 is 0. The maximum atomic E-state index is 13.6. The number of sulfone groups is 1. The number of rotatable bonds is 4. The SMILES string of the molecule is O=C(NC1C2CC3CC1CC(O)(C3)C2)c1cnc(N2CCS(=O)(=O)CC2)nc1C1CCCCC1. The Labute approximate surface area is 201 Å². The summed E-state index contributed by atoms with van der Waals surface area (Å²) in [4.78, 5) is 25.0. The van der Waals surface area contributed by atoms with Crippen LogP contribution < -0.4 is 10.2 Å². The standard InChI is InChI=1S/C25H36N4O4S/c30-23(27-21-18-10-16-11-19(21)14-25(31,12-16)13-18)20-15-26-24(29-6-8-34(32,33)9-7-29)28-22(20)17-4-2-1-3-5-17/h15-19,21,31H,1-14H2,(H,27,30).